The van der Waals surface area contributed by atoms with Gasteiger partial charge in [-0.25, -0.2) is 26.1 Å². The number of hydrogen-bond acceptors (Lipinski definition) is 7. The van der Waals surface area contributed by atoms with Crippen LogP contribution < -0.4 is 9.62 Å². The topological polar surface area (TPSA) is 99.7 Å². The van der Waals surface area contributed by atoms with Crippen molar-refractivity contribution < 1.29 is 16.8 Å². The monoisotopic (exact) mass is 430 g/mol. The largest absolute Gasteiger partial charge is 0.370 e. The Hall–Kier alpha value is -1.69. The first-order chi connectivity index (χ1) is 12.7. The standard InChI is InChI=1S/C16H22N4O4S3/c1-19(2)27(23,24)16-17-12-15(25-16)26(21,22)18-13-8-4-5-9-14(13)20-10-6-3-7-11-20/h4-5,8-9,12,18H,3,6-7,10-11H2,1-2H3. The van der Waals surface area contributed by atoms with E-state index in [4.69, 9.17) is 0 Å². The first kappa shape index (κ1) is 20.1. The van der Waals surface area contributed by atoms with Crippen molar-refractivity contribution in [3.63, 3.8) is 0 Å². The van der Waals surface area contributed by atoms with Crippen molar-refractivity contribution in [1.29, 1.82) is 0 Å². The summed E-state index contributed by atoms with van der Waals surface area (Å²) in [6.07, 6.45) is 4.39. The molecule has 11 heteroatoms. The molecule has 0 atom stereocenters. The van der Waals surface area contributed by atoms with Crippen molar-refractivity contribution in [3.8, 4) is 0 Å². The van der Waals surface area contributed by atoms with Crippen LogP contribution in [-0.4, -0.2) is 53.3 Å². The average Bonchev–Trinajstić information content (AvgIpc) is 3.14. The number of thiazole rings is 1. The lowest BCUT2D eigenvalue weighted by molar-refractivity contribution is 0.520. The molecule has 2 heterocycles. The van der Waals surface area contributed by atoms with E-state index in [0.29, 0.717) is 17.0 Å². The van der Waals surface area contributed by atoms with Crippen LogP contribution in [0, 0.1) is 0 Å². The Bertz CT molecular complexity index is 1010. The number of anilines is 2. The molecular weight excluding hydrogens is 408 g/mol. The number of piperidine rings is 1. The van der Waals surface area contributed by atoms with E-state index in [1.165, 1.54) is 20.5 Å². The van der Waals surface area contributed by atoms with Gasteiger partial charge in [-0.3, -0.25) is 4.72 Å². The molecule has 0 bridgehead atoms. The zero-order valence-electron chi connectivity index (χ0n) is 15.1. The summed E-state index contributed by atoms with van der Waals surface area (Å²) in [5, 5.41) is 0. The van der Waals surface area contributed by atoms with Gasteiger partial charge in [0, 0.05) is 27.2 Å². The van der Waals surface area contributed by atoms with Crippen molar-refractivity contribution in [1.82, 2.24) is 9.29 Å². The lowest BCUT2D eigenvalue weighted by Gasteiger charge is -2.30. The summed E-state index contributed by atoms with van der Waals surface area (Å²) in [4.78, 5) is 5.95. The molecule has 27 heavy (non-hydrogen) atoms. The summed E-state index contributed by atoms with van der Waals surface area (Å²) in [7, 11) is -4.97. The van der Waals surface area contributed by atoms with Gasteiger partial charge in [0.05, 0.1) is 17.6 Å². The summed E-state index contributed by atoms with van der Waals surface area (Å²) >= 11 is 0.631. The molecule has 0 amide bonds. The number of nitrogens with one attached hydrogen (secondary N) is 1. The van der Waals surface area contributed by atoms with E-state index in [9.17, 15) is 16.8 Å². The Kier molecular flexibility index (Phi) is 5.75. The summed E-state index contributed by atoms with van der Waals surface area (Å²) in [5.74, 6) is 0. The highest BCUT2D eigenvalue weighted by Crippen LogP contribution is 2.32. The third-order valence-corrected chi connectivity index (χ3v) is 9.28. The Morgan fingerprint density at radius 3 is 2.41 bits per heavy atom. The Morgan fingerprint density at radius 1 is 1.07 bits per heavy atom. The molecule has 8 nitrogen and oxygen atoms in total. The van der Waals surface area contributed by atoms with E-state index in [1.54, 1.807) is 12.1 Å². The van der Waals surface area contributed by atoms with Gasteiger partial charge in [-0.05, 0) is 31.4 Å². The minimum absolute atomic E-state index is 0.142. The summed E-state index contributed by atoms with van der Waals surface area (Å²) in [5.41, 5.74) is 1.30. The number of aromatic nitrogens is 1. The molecule has 1 saturated heterocycles. The van der Waals surface area contributed by atoms with Gasteiger partial charge in [-0.15, -0.1) is 0 Å². The summed E-state index contributed by atoms with van der Waals surface area (Å²) < 4.78 is 53.0. The molecule has 148 valence electrons. The maximum atomic E-state index is 12.8. The molecular formula is C16H22N4O4S3. The number of para-hydroxylation sites is 2. The predicted molar refractivity (Wildman–Crippen MR) is 106 cm³/mol. The molecule has 0 aliphatic carbocycles. The Morgan fingerprint density at radius 2 is 1.74 bits per heavy atom. The molecule has 0 unspecified atom stereocenters. The lowest BCUT2D eigenvalue weighted by Crippen LogP contribution is -2.30. The van der Waals surface area contributed by atoms with Crippen LogP contribution in [0.3, 0.4) is 0 Å². The normalized spacial score (nSPS) is 15.9. The van der Waals surface area contributed by atoms with Gasteiger partial charge < -0.3 is 4.90 Å². The van der Waals surface area contributed by atoms with Crippen molar-refractivity contribution in [2.45, 2.75) is 27.8 Å². The van der Waals surface area contributed by atoms with Gasteiger partial charge in [0.1, 0.15) is 0 Å². The molecule has 1 aliphatic rings. The maximum Gasteiger partial charge on any atom is 0.273 e. The highest BCUT2D eigenvalue weighted by atomic mass is 32.3. The van der Waals surface area contributed by atoms with Crippen LogP contribution in [0.1, 0.15) is 19.3 Å². The van der Waals surface area contributed by atoms with Crippen LogP contribution >= 0.6 is 11.3 Å². The molecule has 1 aromatic heterocycles. The molecule has 1 fully saturated rings. The smallest absolute Gasteiger partial charge is 0.273 e. The number of hydrogen-bond donors (Lipinski definition) is 1. The van der Waals surface area contributed by atoms with Crippen molar-refractivity contribution in [2.75, 3.05) is 36.8 Å². The van der Waals surface area contributed by atoms with E-state index in [0.717, 1.165) is 42.1 Å². The molecule has 1 aliphatic heterocycles. The van der Waals surface area contributed by atoms with Gasteiger partial charge in [0.25, 0.3) is 20.0 Å². The van der Waals surface area contributed by atoms with E-state index in [1.807, 2.05) is 12.1 Å². The zero-order valence-corrected chi connectivity index (χ0v) is 17.6. The van der Waals surface area contributed by atoms with Crippen molar-refractivity contribution >= 4 is 42.8 Å². The molecule has 2 aromatic rings. The second kappa shape index (κ2) is 7.74. The van der Waals surface area contributed by atoms with Crippen LogP contribution in [0.5, 0.6) is 0 Å². The summed E-state index contributed by atoms with van der Waals surface area (Å²) in [6, 6.07) is 7.23. The van der Waals surface area contributed by atoms with Crippen LogP contribution in [-0.2, 0) is 20.0 Å². The highest BCUT2D eigenvalue weighted by molar-refractivity contribution is 7.96. The van der Waals surface area contributed by atoms with Gasteiger partial charge >= 0.3 is 0 Å². The highest BCUT2D eigenvalue weighted by Gasteiger charge is 2.27. The summed E-state index contributed by atoms with van der Waals surface area (Å²) in [6.45, 7) is 1.76. The third kappa shape index (κ3) is 4.26. The van der Waals surface area contributed by atoms with E-state index in [2.05, 4.69) is 14.6 Å². The van der Waals surface area contributed by atoms with Gasteiger partial charge in [0.2, 0.25) is 4.34 Å². The molecule has 0 spiro atoms. The third-order valence-electron chi connectivity index (χ3n) is 4.27. The molecule has 0 radical (unpaired) electrons. The Balaban J connectivity index is 1.89. The first-order valence-electron chi connectivity index (χ1n) is 8.47. The molecule has 1 aromatic carbocycles. The van der Waals surface area contributed by atoms with Crippen LogP contribution in [0.15, 0.2) is 39.0 Å². The van der Waals surface area contributed by atoms with Crippen LogP contribution in [0.2, 0.25) is 0 Å². The van der Waals surface area contributed by atoms with Gasteiger partial charge in [-0.1, -0.05) is 23.5 Å². The van der Waals surface area contributed by atoms with Crippen LogP contribution in [0.25, 0.3) is 0 Å². The molecule has 1 N–H and O–H groups in total. The van der Waals surface area contributed by atoms with Gasteiger partial charge in [0.15, 0.2) is 4.21 Å². The number of nitrogens with zero attached hydrogens (tertiary/aromatic N) is 3. The lowest BCUT2D eigenvalue weighted by atomic mass is 10.1. The SMILES string of the molecule is CN(C)S(=O)(=O)c1ncc(S(=O)(=O)Nc2ccccc2N2CCCCC2)s1. The quantitative estimate of drug-likeness (QED) is 0.754. The number of sulfonamides is 2. The maximum absolute atomic E-state index is 12.8. The minimum atomic E-state index is -3.94. The van der Waals surface area contributed by atoms with Crippen molar-refractivity contribution in [3.05, 3.63) is 30.5 Å². The van der Waals surface area contributed by atoms with Crippen LogP contribution in [0.4, 0.5) is 11.4 Å². The average molecular weight is 431 g/mol. The number of rotatable bonds is 6. The van der Waals surface area contributed by atoms with E-state index in [-0.39, 0.29) is 8.55 Å². The Labute approximate surface area is 163 Å². The fourth-order valence-corrected chi connectivity index (χ4v) is 6.54. The molecule has 3 rings (SSSR count). The minimum Gasteiger partial charge on any atom is -0.370 e. The van der Waals surface area contributed by atoms with E-state index >= 15 is 0 Å². The van der Waals surface area contributed by atoms with Gasteiger partial charge in [-0.2, -0.15) is 0 Å². The fourth-order valence-electron chi connectivity index (χ4n) is 2.81. The zero-order chi connectivity index (χ0) is 19.7. The second-order valence-corrected chi connectivity index (χ2v) is 11.7. The predicted octanol–water partition coefficient (Wildman–Crippen LogP) is 2.18. The number of benzene rings is 1. The van der Waals surface area contributed by atoms with E-state index < -0.39 is 20.0 Å². The molecule has 0 saturated carbocycles. The first-order valence-corrected chi connectivity index (χ1v) is 12.2. The van der Waals surface area contributed by atoms with Crippen molar-refractivity contribution in [2.24, 2.45) is 0 Å². The fraction of sp³-hybridized carbons (Fsp3) is 0.438. The second-order valence-electron chi connectivity index (χ2n) is 6.40.